The van der Waals surface area contributed by atoms with Crippen LogP contribution in [0, 0.1) is 17.3 Å². The van der Waals surface area contributed by atoms with Crippen LogP contribution in [0.15, 0.2) is 11.3 Å². The van der Waals surface area contributed by atoms with E-state index in [1.54, 1.807) is 0 Å². The molecule has 3 atom stereocenters. The number of allylic oxidation sites excluding steroid dienone is 1. The molecule has 0 radical (unpaired) electrons. The fourth-order valence-corrected chi connectivity index (χ4v) is 4.51. The predicted octanol–water partition coefficient (Wildman–Crippen LogP) is 3.61. The second kappa shape index (κ2) is 4.34. The van der Waals surface area contributed by atoms with Gasteiger partial charge in [-0.05, 0) is 51.4 Å². The van der Waals surface area contributed by atoms with Gasteiger partial charge in [0, 0.05) is 24.3 Å². The molecular weight excluding hydrogens is 264 g/mol. The number of hydrogen-bond donors (Lipinski definition) is 1. The number of ketones is 1. The van der Waals surface area contributed by atoms with Crippen LogP contribution in [0.3, 0.4) is 0 Å². The lowest BCUT2D eigenvalue weighted by Crippen LogP contribution is -2.45. The van der Waals surface area contributed by atoms with Crippen molar-refractivity contribution < 1.29 is 14.6 Å². The van der Waals surface area contributed by atoms with E-state index in [2.05, 4.69) is 20.8 Å². The first-order valence-corrected chi connectivity index (χ1v) is 8.19. The van der Waals surface area contributed by atoms with Gasteiger partial charge in [0.05, 0.1) is 5.60 Å². The third kappa shape index (κ3) is 2.44. The lowest BCUT2D eigenvalue weighted by molar-refractivity contribution is -0.119. The fourth-order valence-electron chi connectivity index (χ4n) is 4.51. The molecule has 1 heterocycles. The van der Waals surface area contributed by atoms with Crippen molar-refractivity contribution in [3.63, 3.8) is 0 Å². The van der Waals surface area contributed by atoms with Crippen LogP contribution < -0.4 is 0 Å². The van der Waals surface area contributed by atoms with Crippen LogP contribution in [0.25, 0.3) is 0 Å². The zero-order valence-electron chi connectivity index (χ0n) is 14.0. The van der Waals surface area contributed by atoms with Gasteiger partial charge >= 0.3 is 0 Å². The summed E-state index contributed by atoms with van der Waals surface area (Å²) >= 11 is 0. The Hall–Kier alpha value is -0.830. The van der Waals surface area contributed by atoms with Gasteiger partial charge in [-0.25, -0.2) is 0 Å². The number of rotatable bonds is 1. The number of carbonyl (C=O) groups is 1. The first-order chi connectivity index (χ1) is 9.52. The van der Waals surface area contributed by atoms with Gasteiger partial charge in [-0.3, -0.25) is 4.79 Å². The van der Waals surface area contributed by atoms with Crippen molar-refractivity contribution in [3.8, 4) is 0 Å². The number of fused-ring (bicyclic) bond motifs is 2. The molecule has 0 unspecified atom stereocenters. The van der Waals surface area contributed by atoms with Gasteiger partial charge in [0.2, 0.25) is 0 Å². The summed E-state index contributed by atoms with van der Waals surface area (Å²) in [6, 6.07) is 0. The Labute approximate surface area is 127 Å². The van der Waals surface area contributed by atoms with Gasteiger partial charge in [-0.1, -0.05) is 13.8 Å². The van der Waals surface area contributed by atoms with Crippen molar-refractivity contribution in [3.05, 3.63) is 11.3 Å². The molecule has 0 aromatic carbocycles. The van der Waals surface area contributed by atoms with E-state index in [0.29, 0.717) is 6.42 Å². The topological polar surface area (TPSA) is 46.5 Å². The number of Topliss-reactive ketones (excluding diaryl/α,β-unsaturated/α-hetero) is 1. The minimum absolute atomic E-state index is 0.00935. The Balaban J connectivity index is 1.93. The molecule has 1 saturated carbocycles. The van der Waals surface area contributed by atoms with Crippen molar-refractivity contribution in [2.24, 2.45) is 17.3 Å². The summed E-state index contributed by atoms with van der Waals surface area (Å²) in [5, 5.41) is 10.3. The Morgan fingerprint density at radius 1 is 1.24 bits per heavy atom. The highest BCUT2D eigenvalue weighted by molar-refractivity contribution is 5.98. The molecule has 0 aromatic rings. The molecule has 0 bridgehead atoms. The summed E-state index contributed by atoms with van der Waals surface area (Å²) < 4.78 is 6.30. The van der Waals surface area contributed by atoms with Gasteiger partial charge < -0.3 is 9.84 Å². The monoisotopic (exact) mass is 292 g/mol. The Bertz CT molecular complexity index is 509. The van der Waals surface area contributed by atoms with Crippen LogP contribution in [-0.4, -0.2) is 22.1 Å². The van der Waals surface area contributed by atoms with Crippen LogP contribution in [0.4, 0.5) is 0 Å². The summed E-state index contributed by atoms with van der Waals surface area (Å²) in [6.07, 6.45) is 4.25. The molecule has 0 amide bonds. The van der Waals surface area contributed by atoms with Crippen molar-refractivity contribution in [1.29, 1.82) is 0 Å². The lowest BCUT2D eigenvalue weighted by atomic mass is 9.63. The Morgan fingerprint density at radius 3 is 2.52 bits per heavy atom. The summed E-state index contributed by atoms with van der Waals surface area (Å²) in [5.41, 5.74) is 0.0466. The van der Waals surface area contributed by atoms with Crippen molar-refractivity contribution in [2.45, 2.75) is 77.9 Å². The second-order valence-electron chi connectivity index (χ2n) is 8.87. The van der Waals surface area contributed by atoms with Crippen LogP contribution >= 0.6 is 0 Å². The highest BCUT2D eigenvalue weighted by Gasteiger charge is 2.55. The standard InChI is InChI=1S/C18H28O3/c1-16(2)9-13(19)15-12-8-11(17(3,4)20)6-7-18(12,5)21-14(15)10-16/h11-12,20H,6-10H2,1-5H3/t11-,12-,18-/m0/s1. The molecule has 0 saturated heterocycles. The van der Waals surface area contributed by atoms with E-state index >= 15 is 0 Å². The number of ether oxygens (including phenoxy) is 1. The average Bonchev–Trinajstić information content (AvgIpc) is 2.56. The molecule has 3 heteroatoms. The molecule has 21 heavy (non-hydrogen) atoms. The zero-order chi connectivity index (χ0) is 15.6. The third-order valence-electron chi connectivity index (χ3n) is 5.83. The van der Waals surface area contributed by atoms with E-state index in [0.717, 1.165) is 37.0 Å². The Morgan fingerprint density at radius 2 is 1.90 bits per heavy atom. The first kappa shape index (κ1) is 15.1. The first-order valence-electron chi connectivity index (χ1n) is 8.19. The number of hydrogen-bond acceptors (Lipinski definition) is 3. The van der Waals surface area contributed by atoms with Gasteiger partial charge in [0.15, 0.2) is 5.78 Å². The van der Waals surface area contributed by atoms with Crippen molar-refractivity contribution in [2.75, 3.05) is 0 Å². The minimum Gasteiger partial charge on any atom is -0.491 e. The number of aliphatic hydroxyl groups is 1. The van der Waals surface area contributed by atoms with Crippen LogP contribution in [0.2, 0.25) is 0 Å². The molecular formula is C18H28O3. The molecule has 2 aliphatic carbocycles. The predicted molar refractivity (Wildman–Crippen MR) is 81.7 cm³/mol. The number of carbonyl (C=O) groups excluding carboxylic acids is 1. The summed E-state index contributed by atoms with van der Waals surface area (Å²) in [6.45, 7) is 10.2. The molecule has 0 spiro atoms. The normalized spacial score (nSPS) is 38.9. The van der Waals surface area contributed by atoms with E-state index in [9.17, 15) is 9.90 Å². The molecule has 0 aromatic heterocycles. The lowest BCUT2D eigenvalue weighted by Gasteiger charge is -2.43. The van der Waals surface area contributed by atoms with Gasteiger partial charge in [-0.15, -0.1) is 0 Å². The average molecular weight is 292 g/mol. The molecule has 3 aliphatic rings. The van der Waals surface area contributed by atoms with Crippen LogP contribution in [0.1, 0.15) is 66.7 Å². The van der Waals surface area contributed by atoms with E-state index in [4.69, 9.17) is 4.74 Å². The van der Waals surface area contributed by atoms with Gasteiger partial charge in [0.25, 0.3) is 0 Å². The van der Waals surface area contributed by atoms with E-state index in [1.807, 2.05) is 13.8 Å². The Kier molecular flexibility index (Phi) is 3.12. The summed E-state index contributed by atoms with van der Waals surface area (Å²) in [4.78, 5) is 12.6. The van der Waals surface area contributed by atoms with Gasteiger partial charge in [-0.2, -0.15) is 0 Å². The third-order valence-corrected chi connectivity index (χ3v) is 5.83. The van der Waals surface area contributed by atoms with E-state index < -0.39 is 5.60 Å². The minimum atomic E-state index is -0.679. The second-order valence-corrected chi connectivity index (χ2v) is 8.87. The van der Waals surface area contributed by atoms with Crippen molar-refractivity contribution in [1.82, 2.24) is 0 Å². The molecule has 3 nitrogen and oxygen atoms in total. The quantitative estimate of drug-likeness (QED) is 0.803. The molecule has 118 valence electrons. The maximum atomic E-state index is 12.6. The largest absolute Gasteiger partial charge is 0.491 e. The van der Waals surface area contributed by atoms with Crippen LogP contribution in [0.5, 0.6) is 0 Å². The zero-order valence-corrected chi connectivity index (χ0v) is 14.0. The summed E-state index contributed by atoms with van der Waals surface area (Å²) in [7, 11) is 0. The molecule has 1 aliphatic heterocycles. The van der Waals surface area contributed by atoms with E-state index in [-0.39, 0.29) is 28.6 Å². The van der Waals surface area contributed by atoms with E-state index in [1.165, 1.54) is 0 Å². The van der Waals surface area contributed by atoms with Crippen LogP contribution in [-0.2, 0) is 9.53 Å². The maximum Gasteiger partial charge on any atom is 0.163 e. The highest BCUT2D eigenvalue weighted by atomic mass is 16.5. The van der Waals surface area contributed by atoms with Crippen molar-refractivity contribution >= 4 is 5.78 Å². The maximum absolute atomic E-state index is 12.6. The summed E-state index contributed by atoms with van der Waals surface area (Å²) in [5.74, 6) is 1.63. The van der Waals surface area contributed by atoms with Gasteiger partial charge in [0.1, 0.15) is 11.4 Å². The SMILES string of the molecule is CC1(C)CC(=O)C2=C(C1)O[C@@]1(C)CC[C@H](C(C)(C)O)C[C@@H]21. The fraction of sp³-hybridized carbons (Fsp3) is 0.833. The smallest absolute Gasteiger partial charge is 0.163 e. The molecule has 3 rings (SSSR count). The highest BCUT2D eigenvalue weighted by Crippen LogP contribution is 2.56. The molecule has 1 N–H and O–H groups in total. The molecule has 1 fully saturated rings.